The van der Waals surface area contributed by atoms with Crippen LogP contribution in [0.3, 0.4) is 0 Å². The van der Waals surface area contributed by atoms with E-state index < -0.39 is 16.0 Å². The smallest absolute Gasteiger partial charge is 0.323 e. The maximum Gasteiger partial charge on any atom is 0.323 e. The first kappa shape index (κ1) is 16.0. The van der Waals surface area contributed by atoms with Crippen LogP contribution in [0.4, 0.5) is 5.69 Å². The van der Waals surface area contributed by atoms with E-state index in [-0.39, 0.29) is 18.9 Å². The molecule has 0 aliphatic heterocycles. The minimum absolute atomic E-state index is 0.00304. The zero-order valence-corrected chi connectivity index (χ0v) is 12.0. The summed E-state index contributed by atoms with van der Waals surface area (Å²) in [6.07, 6.45) is 1.04. The van der Waals surface area contributed by atoms with Gasteiger partial charge in [-0.1, -0.05) is 12.1 Å². The van der Waals surface area contributed by atoms with Gasteiger partial charge in [0.05, 0.1) is 12.7 Å². The average Bonchev–Trinajstić information content (AvgIpc) is 2.25. The maximum absolute atomic E-state index is 11.8. The number of rotatable bonds is 6. The Kier molecular flexibility index (Phi) is 5.09. The van der Waals surface area contributed by atoms with Crippen LogP contribution in [0.15, 0.2) is 24.3 Å². The number of hydrogen-bond acceptors (Lipinski definition) is 4. The predicted octanol–water partition coefficient (Wildman–Crippen LogP) is 0.144. The number of carboxylic acid groups (broad SMARTS) is 1. The van der Waals surface area contributed by atoms with Gasteiger partial charge in [0.25, 0.3) is 0 Å². The van der Waals surface area contributed by atoms with Gasteiger partial charge in [-0.2, -0.15) is 0 Å². The van der Waals surface area contributed by atoms with Crippen molar-refractivity contribution in [1.29, 1.82) is 0 Å². The Morgan fingerprint density at radius 3 is 2.55 bits per heavy atom. The van der Waals surface area contributed by atoms with Crippen LogP contribution in [-0.2, 0) is 26.0 Å². The Balaban J connectivity index is 2.76. The van der Waals surface area contributed by atoms with Gasteiger partial charge in [0.1, 0.15) is 6.54 Å². The van der Waals surface area contributed by atoms with Crippen LogP contribution in [0, 0.1) is 0 Å². The molecule has 0 unspecified atom stereocenters. The first-order chi connectivity index (χ1) is 9.17. The molecule has 1 aromatic rings. The normalized spacial score (nSPS) is 10.9. The molecule has 1 amide bonds. The fraction of sp³-hybridized carbons (Fsp3) is 0.333. The summed E-state index contributed by atoms with van der Waals surface area (Å²) in [6.45, 7) is -0.375. The van der Waals surface area contributed by atoms with Crippen molar-refractivity contribution in [3.63, 3.8) is 0 Å². The standard InChI is InChI=1S/C12H16N2O5S/c1-14(8-12(16)17)11(15)7-9-4-3-5-10(6-9)13-20(2,18)19/h3-6,13H,7-8H2,1-2H3,(H,16,17). The van der Waals surface area contributed by atoms with Crippen LogP contribution in [0.1, 0.15) is 5.56 Å². The van der Waals surface area contributed by atoms with Crippen LogP contribution in [0.5, 0.6) is 0 Å². The molecular weight excluding hydrogens is 284 g/mol. The lowest BCUT2D eigenvalue weighted by atomic mass is 10.1. The molecule has 8 heteroatoms. The van der Waals surface area contributed by atoms with E-state index >= 15 is 0 Å². The molecule has 20 heavy (non-hydrogen) atoms. The maximum atomic E-state index is 11.8. The molecule has 0 bridgehead atoms. The van der Waals surface area contributed by atoms with E-state index in [4.69, 9.17) is 5.11 Å². The van der Waals surface area contributed by atoms with E-state index in [0.29, 0.717) is 11.3 Å². The van der Waals surface area contributed by atoms with Gasteiger partial charge in [-0.05, 0) is 17.7 Å². The second-order valence-electron chi connectivity index (χ2n) is 4.39. The van der Waals surface area contributed by atoms with Gasteiger partial charge in [0.2, 0.25) is 15.9 Å². The van der Waals surface area contributed by atoms with Crippen LogP contribution in [0.2, 0.25) is 0 Å². The SMILES string of the molecule is CN(CC(=O)O)C(=O)Cc1cccc(NS(C)(=O)=O)c1. The molecule has 0 fully saturated rings. The van der Waals surface area contributed by atoms with Crippen LogP contribution in [-0.4, -0.2) is 50.1 Å². The lowest BCUT2D eigenvalue weighted by Crippen LogP contribution is -2.33. The van der Waals surface area contributed by atoms with Crippen molar-refractivity contribution in [1.82, 2.24) is 4.90 Å². The number of aliphatic carboxylic acids is 1. The Hall–Kier alpha value is -2.09. The van der Waals surface area contributed by atoms with Crippen LogP contribution >= 0.6 is 0 Å². The molecule has 2 N–H and O–H groups in total. The molecule has 1 rings (SSSR count). The number of hydrogen-bond donors (Lipinski definition) is 2. The minimum atomic E-state index is -3.38. The number of amides is 1. The molecule has 7 nitrogen and oxygen atoms in total. The third-order valence-corrected chi connectivity index (χ3v) is 2.99. The molecule has 0 atom stereocenters. The van der Waals surface area contributed by atoms with Crippen molar-refractivity contribution in [2.24, 2.45) is 0 Å². The molecule has 0 heterocycles. The number of benzene rings is 1. The quantitative estimate of drug-likeness (QED) is 0.778. The number of carboxylic acids is 1. The monoisotopic (exact) mass is 300 g/mol. The zero-order valence-electron chi connectivity index (χ0n) is 11.2. The summed E-state index contributed by atoms with van der Waals surface area (Å²) in [5.74, 6) is -1.45. The number of nitrogens with zero attached hydrogens (tertiary/aromatic N) is 1. The topological polar surface area (TPSA) is 104 Å². The third kappa shape index (κ3) is 5.70. The molecule has 1 aromatic carbocycles. The highest BCUT2D eigenvalue weighted by molar-refractivity contribution is 7.92. The van der Waals surface area contributed by atoms with Gasteiger partial charge >= 0.3 is 5.97 Å². The Labute approximate surface area is 117 Å². The van der Waals surface area contributed by atoms with E-state index in [1.807, 2.05) is 0 Å². The molecule has 0 radical (unpaired) electrons. The molecular formula is C12H16N2O5S. The fourth-order valence-corrected chi connectivity index (χ4v) is 2.11. The molecule has 0 aromatic heterocycles. The highest BCUT2D eigenvalue weighted by atomic mass is 32.2. The van der Waals surface area contributed by atoms with Gasteiger partial charge in [-0.15, -0.1) is 0 Å². The van der Waals surface area contributed by atoms with Crippen molar-refractivity contribution in [2.45, 2.75) is 6.42 Å². The Morgan fingerprint density at radius 1 is 1.35 bits per heavy atom. The summed E-state index contributed by atoms with van der Waals surface area (Å²) in [7, 11) is -1.98. The molecule has 0 aliphatic carbocycles. The largest absolute Gasteiger partial charge is 0.480 e. The minimum Gasteiger partial charge on any atom is -0.480 e. The molecule has 0 saturated carbocycles. The van der Waals surface area contributed by atoms with Gasteiger partial charge in [-0.25, -0.2) is 8.42 Å². The second kappa shape index (κ2) is 6.38. The van der Waals surface area contributed by atoms with Gasteiger partial charge < -0.3 is 10.0 Å². The summed E-state index contributed by atoms with van der Waals surface area (Å²) in [5.41, 5.74) is 0.958. The van der Waals surface area contributed by atoms with Gasteiger partial charge in [0.15, 0.2) is 0 Å². The highest BCUT2D eigenvalue weighted by Crippen LogP contribution is 2.13. The van der Waals surface area contributed by atoms with E-state index in [2.05, 4.69) is 4.72 Å². The first-order valence-electron chi connectivity index (χ1n) is 5.70. The number of likely N-dealkylation sites (N-methyl/N-ethyl adjacent to an activating group) is 1. The number of carbonyl (C=O) groups excluding carboxylic acids is 1. The van der Waals surface area contributed by atoms with Crippen LogP contribution in [0.25, 0.3) is 0 Å². The van der Waals surface area contributed by atoms with Crippen molar-refractivity contribution in [3.05, 3.63) is 29.8 Å². The summed E-state index contributed by atoms with van der Waals surface area (Å²) < 4.78 is 24.5. The number of anilines is 1. The summed E-state index contributed by atoms with van der Waals surface area (Å²) in [6, 6.07) is 6.39. The first-order valence-corrected chi connectivity index (χ1v) is 7.59. The molecule has 0 saturated heterocycles. The lowest BCUT2D eigenvalue weighted by Gasteiger charge is -2.14. The van der Waals surface area contributed by atoms with E-state index in [1.165, 1.54) is 13.1 Å². The van der Waals surface area contributed by atoms with Gasteiger partial charge in [-0.3, -0.25) is 14.3 Å². The third-order valence-electron chi connectivity index (χ3n) is 2.38. The summed E-state index contributed by atoms with van der Waals surface area (Å²) in [5, 5.41) is 8.60. The van der Waals surface area contributed by atoms with E-state index in [1.54, 1.807) is 18.2 Å². The summed E-state index contributed by atoms with van der Waals surface area (Å²) in [4.78, 5) is 23.4. The summed E-state index contributed by atoms with van der Waals surface area (Å²) >= 11 is 0. The van der Waals surface area contributed by atoms with Crippen molar-refractivity contribution in [3.8, 4) is 0 Å². The van der Waals surface area contributed by atoms with E-state index in [9.17, 15) is 18.0 Å². The number of sulfonamides is 1. The lowest BCUT2D eigenvalue weighted by molar-refractivity contribution is -0.143. The van der Waals surface area contributed by atoms with Crippen molar-refractivity contribution < 1.29 is 23.1 Å². The second-order valence-corrected chi connectivity index (χ2v) is 6.14. The van der Waals surface area contributed by atoms with Crippen molar-refractivity contribution >= 4 is 27.6 Å². The predicted molar refractivity (Wildman–Crippen MR) is 73.9 cm³/mol. The van der Waals surface area contributed by atoms with Gasteiger partial charge in [0, 0.05) is 12.7 Å². The number of nitrogens with one attached hydrogen (secondary N) is 1. The van der Waals surface area contributed by atoms with Crippen molar-refractivity contribution in [2.75, 3.05) is 24.6 Å². The molecule has 110 valence electrons. The zero-order chi connectivity index (χ0) is 15.3. The Bertz CT molecular complexity index is 612. The fourth-order valence-electron chi connectivity index (χ4n) is 1.56. The average molecular weight is 300 g/mol. The Morgan fingerprint density at radius 2 is 2.00 bits per heavy atom. The van der Waals surface area contributed by atoms with E-state index in [0.717, 1.165) is 11.2 Å². The number of carbonyl (C=O) groups is 2. The van der Waals surface area contributed by atoms with Crippen LogP contribution < -0.4 is 4.72 Å². The highest BCUT2D eigenvalue weighted by Gasteiger charge is 2.13. The molecule has 0 aliphatic rings. The molecule has 0 spiro atoms.